The molecule has 4 rings (SSSR count). The van der Waals surface area contributed by atoms with Crippen LogP contribution in [0.4, 0.5) is 0 Å². The molecule has 0 bridgehead atoms. The van der Waals surface area contributed by atoms with Gasteiger partial charge < -0.3 is 9.05 Å². The molecule has 0 fully saturated rings. The molecule has 0 saturated carbocycles. The summed E-state index contributed by atoms with van der Waals surface area (Å²) in [7, 11) is 0. The molecule has 6 nitrogen and oxygen atoms in total. The first-order valence-corrected chi connectivity index (χ1v) is 7.89. The van der Waals surface area contributed by atoms with Crippen LogP contribution in [0.25, 0.3) is 11.5 Å². The van der Waals surface area contributed by atoms with Crippen LogP contribution in [-0.4, -0.2) is 20.3 Å². The third kappa shape index (κ3) is 2.37. The number of aryl methyl sites for hydroxylation is 2. The highest BCUT2D eigenvalue weighted by Crippen LogP contribution is 2.35. The molecule has 1 aliphatic carbocycles. The van der Waals surface area contributed by atoms with E-state index in [2.05, 4.69) is 25.7 Å². The van der Waals surface area contributed by atoms with Crippen LogP contribution in [0.5, 0.6) is 0 Å². The highest BCUT2D eigenvalue weighted by atomic mass is 32.1. The van der Waals surface area contributed by atoms with Crippen molar-refractivity contribution in [2.45, 2.75) is 39.0 Å². The molecule has 0 amide bonds. The van der Waals surface area contributed by atoms with Crippen LogP contribution in [0.2, 0.25) is 0 Å². The van der Waals surface area contributed by atoms with Gasteiger partial charge >= 0.3 is 0 Å². The Kier molecular flexibility index (Phi) is 3.07. The van der Waals surface area contributed by atoms with Gasteiger partial charge in [-0.2, -0.15) is 9.97 Å². The fraction of sp³-hybridized carbons (Fsp3) is 0.429. The minimum atomic E-state index is 0.424. The molecule has 3 aromatic heterocycles. The molecular weight excluding hydrogens is 288 g/mol. The van der Waals surface area contributed by atoms with Gasteiger partial charge in [-0.05, 0) is 31.2 Å². The molecule has 1 aliphatic rings. The molecule has 0 atom stereocenters. The van der Waals surface area contributed by atoms with Crippen LogP contribution >= 0.6 is 11.3 Å². The van der Waals surface area contributed by atoms with Gasteiger partial charge in [0.1, 0.15) is 0 Å². The zero-order valence-electron chi connectivity index (χ0n) is 11.6. The maximum Gasteiger partial charge on any atom is 0.259 e. The molecule has 0 saturated heterocycles. The van der Waals surface area contributed by atoms with Crippen LogP contribution in [0.3, 0.4) is 0 Å². The highest BCUT2D eigenvalue weighted by molar-refractivity contribution is 7.10. The number of hydrogen-bond donors (Lipinski definition) is 0. The van der Waals surface area contributed by atoms with Crippen molar-refractivity contribution in [3.05, 3.63) is 33.4 Å². The van der Waals surface area contributed by atoms with Crippen LogP contribution in [-0.2, 0) is 19.3 Å². The quantitative estimate of drug-likeness (QED) is 0.740. The van der Waals surface area contributed by atoms with E-state index in [9.17, 15) is 0 Å². The van der Waals surface area contributed by atoms with E-state index < -0.39 is 0 Å². The first kappa shape index (κ1) is 12.7. The Morgan fingerprint density at radius 2 is 1.90 bits per heavy atom. The average molecular weight is 302 g/mol. The summed E-state index contributed by atoms with van der Waals surface area (Å²) in [4.78, 5) is 10.1. The summed E-state index contributed by atoms with van der Waals surface area (Å²) < 4.78 is 10.4. The van der Waals surface area contributed by atoms with Gasteiger partial charge in [0, 0.05) is 17.2 Å². The lowest BCUT2D eigenvalue weighted by Crippen LogP contribution is -1.99. The van der Waals surface area contributed by atoms with Crippen LogP contribution in [0, 0.1) is 6.92 Å². The van der Waals surface area contributed by atoms with Gasteiger partial charge in [0.05, 0.1) is 12.0 Å². The molecule has 21 heavy (non-hydrogen) atoms. The van der Waals surface area contributed by atoms with Gasteiger partial charge in [0.2, 0.25) is 5.89 Å². The van der Waals surface area contributed by atoms with Gasteiger partial charge in [-0.3, -0.25) is 0 Å². The number of aromatic nitrogens is 4. The summed E-state index contributed by atoms with van der Waals surface area (Å²) >= 11 is 1.80. The van der Waals surface area contributed by atoms with Crippen molar-refractivity contribution < 1.29 is 9.05 Å². The summed E-state index contributed by atoms with van der Waals surface area (Å²) in [6, 6.07) is 0. The van der Waals surface area contributed by atoms with Crippen molar-refractivity contribution in [1.82, 2.24) is 20.3 Å². The number of nitrogens with zero attached hydrogens (tertiary/aromatic N) is 4. The minimum absolute atomic E-state index is 0.424. The van der Waals surface area contributed by atoms with Crippen molar-refractivity contribution in [3.63, 3.8) is 0 Å². The maximum atomic E-state index is 5.41. The molecule has 3 aromatic rings. The second-order valence-electron chi connectivity index (χ2n) is 5.18. The lowest BCUT2D eigenvalue weighted by molar-refractivity contribution is 0.387. The molecule has 0 aliphatic heterocycles. The Hall–Kier alpha value is -2.02. The van der Waals surface area contributed by atoms with Crippen molar-refractivity contribution >= 4 is 11.3 Å². The predicted molar refractivity (Wildman–Crippen MR) is 76.1 cm³/mol. The third-order valence-corrected chi connectivity index (χ3v) is 4.73. The second kappa shape index (κ2) is 5.07. The standard InChI is InChI=1S/C14H14N4O2S/c1-8-15-12(17-19-8)6-13-16-14(20-18-13)10-7-21-11-5-3-2-4-9(10)11/h7H,2-6H2,1H3. The zero-order chi connectivity index (χ0) is 14.2. The summed E-state index contributed by atoms with van der Waals surface area (Å²) in [6.45, 7) is 1.76. The van der Waals surface area contributed by atoms with E-state index in [1.807, 2.05) is 0 Å². The van der Waals surface area contributed by atoms with Crippen LogP contribution in [0.1, 0.15) is 40.8 Å². The van der Waals surface area contributed by atoms with Gasteiger partial charge in [-0.1, -0.05) is 10.3 Å². The summed E-state index contributed by atoms with van der Waals surface area (Å²) in [6.07, 6.45) is 5.21. The molecule has 0 radical (unpaired) electrons. The molecule has 0 aromatic carbocycles. The molecule has 108 valence electrons. The molecular formula is C14H14N4O2S. The molecule has 0 spiro atoms. The number of hydrogen-bond acceptors (Lipinski definition) is 7. The monoisotopic (exact) mass is 302 g/mol. The fourth-order valence-electron chi connectivity index (χ4n) is 2.66. The van der Waals surface area contributed by atoms with E-state index in [0.29, 0.717) is 29.9 Å². The summed E-state index contributed by atoms with van der Waals surface area (Å²) in [5.41, 5.74) is 2.48. The normalized spacial score (nSPS) is 14.3. The van der Waals surface area contributed by atoms with Crippen molar-refractivity contribution in [3.8, 4) is 11.5 Å². The Balaban J connectivity index is 1.61. The molecule has 0 unspecified atom stereocenters. The summed E-state index contributed by atoms with van der Waals surface area (Å²) in [5, 5.41) is 10.0. The smallest absolute Gasteiger partial charge is 0.259 e. The van der Waals surface area contributed by atoms with Crippen LogP contribution in [0.15, 0.2) is 14.4 Å². The Labute approximate surface area is 125 Å². The van der Waals surface area contributed by atoms with Crippen molar-refractivity contribution in [2.75, 3.05) is 0 Å². The fourth-order valence-corrected chi connectivity index (χ4v) is 3.78. The molecule has 0 N–H and O–H groups in total. The predicted octanol–water partition coefficient (Wildman–Crippen LogP) is 2.96. The van der Waals surface area contributed by atoms with Crippen molar-refractivity contribution in [2.24, 2.45) is 0 Å². The molecule has 3 heterocycles. The average Bonchev–Trinajstić information content (AvgIpc) is 3.19. The number of rotatable bonds is 3. The van der Waals surface area contributed by atoms with E-state index in [-0.39, 0.29) is 0 Å². The largest absolute Gasteiger partial charge is 0.340 e. The lowest BCUT2D eigenvalue weighted by Gasteiger charge is -2.10. The Bertz CT molecular complexity index is 774. The van der Waals surface area contributed by atoms with E-state index in [4.69, 9.17) is 9.05 Å². The third-order valence-electron chi connectivity index (χ3n) is 3.65. The minimum Gasteiger partial charge on any atom is -0.340 e. The van der Waals surface area contributed by atoms with E-state index in [0.717, 1.165) is 12.0 Å². The first-order valence-electron chi connectivity index (χ1n) is 7.01. The number of fused-ring (bicyclic) bond motifs is 1. The topological polar surface area (TPSA) is 77.8 Å². The second-order valence-corrected chi connectivity index (χ2v) is 6.14. The number of thiophene rings is 1. The van der Waals surface area contributed by atoms with E-state index in [1.54, 1.807) is 18.3 Å². The lowest BCUT2D eigenvalue weighted by atomic mass is 9.96. The van der Waals surface area contributed by atoms with Gasteiger partial charge in [-0.25, -0.2) is 0 Å². The van der Waals surface area contributed by atoms with E-state index in [1.165, 1.54) is 29.7 Å². The first-order chi connectivity index (χ1) is 10.3. The van der Waals surface area contributed by atoms with Gasteiger partial charge in [-0.15, -0.1) is 11.3 Å². The van der Waals surface area contributed by atoms with Gasteiger partial charge in [0.25, 0.3) is 5.89 Å². The van der Waals surface area contributed by atoms with Gasteiger partial charge in [0.15, 0.2) is 11.6 Å². The molecule has 7 heteroatoms. The summed E-state index contributed by atoms with van der Waals surface area (Å²) in [5.74, 6) is 2.30. The zero-order valence-corrected chi connectivity index (χ0v) is 12.4. The van der Waals surface area contributed by atoms with Crippen molar-refractivity contribution in [1.29, 1.82) is 0 Å². The Morgan fingerprint density at radius 1 is 1.10 bits per heavy atom. The highest BCUT2D eigenvalue weighted by Gasteiger charge is 2.21. The Morgan fingerprint density at radius 3 is 2.76 bits per heavy atom. The van der Waals surface area contributed by atoms with Crippen LogP contribution < -0.4 is 0 Å². The maximum absolute atomic E-state index is 5.41. The SMILES string of the molecule is Cc1nc(Cc2noc(-c3csc4c3CCCC4)n2)no1. The van der Waals surface area contributed by atoms with E-state index >= 15 is 0 Å².